The van der Waals surface area contributed by atoms with Gasteiger partial charge in [-0.2, -0.15) is 0 Å². The van der Waals surface area contributed by atoms with Gasteiger partial charge >= 0.3 is 0 Å². The van der Waals surface area contributed by atoms with Gasteiger partial charge in [0.1, 0.15) is 5.52 Å². The van der Waals surface area contributed by atoms with E-state index in [4.69, 9.17) is 0 Å². The molecule has 1 fully saturated rings. The Hall–Kier alpha value is -1.95. The third-order valence-electron chi connectivity index (χ3n) is 4.29. The number of H-pyrrole nitrogens is 1. The van der Waals surface area contributed by atoms with Crippen LogP contribution in [-0.4, -0.2) is 39.1 Å². The number of amides is 1. The summed E-state index contributed by atoms with van der Waals surface area (Å²) in [4.78, 5) is 24.4. The maximum atomic E-state index is 12.4. The molecule has 1 amide bonds. The number of aromatic nitrogens is 3. The molecule has 118 valence electrons. The van der Waals surface area contributed by atoms with E-state index in [1.807, 2.05) is 13.8 Å². The van der Waals surface area contributed by atoms with Gasteiger partial charge in [0.25, 0.3) is 5.91 Å². The maximum absolute atomic E-state index is 12.4. The lowest BCUT2D eigenvalue weighted by Crippen LogP contribution is -2.36. The molecule has 6 nitrogen and oxygen atoms in total. The molecule has 0 radical (unpaired) electrons. The average molecular weight is 302 g/mol. The number of aliphatic hydroxyl groups excluding tert-OH is 1. The van der Waals surface area contributed by atoms with E-state index in [1.165, 1.54) is 0 Å². The summed E-state index contributed by atoms with van der Waals surface area (Å²) in [6, 6.07) is 0. The van der Waals surface area contributed by atoms with E-state index in [0.717, 1.165) is 12.1 Å². The molecule has 1 aliphatic carbocycles. The second kappa shape index (κ2) is 5.35. The van der Waals surface area contributed by atoms with Crippen molar-refractivity contribution >= 4 is 17.1 Å². The van der Waals surface area contributed by atoms with Crippen LogP contribution in [0.5, 0.6) is 0 Å². The van der Waals surface area contributed by atoms with Gasteiger partial charge in [0.05, 0.1) is 17.5 Å². The van der Waals surface area contributed by atoms with Crippen LogP contribution in [-0.2, 0) is 0 Å². The zero-order valence-corrected chi connectivity index (χ0v) is 13.2. The number of hydrogen-bond acceptors (Lipinski definition) is 4. The Labute approximate surface area is 129 Å². The monoisotopic (exact) mass is 302 g/mol. The molecule has 0 aromatic carbocycles. The van der Waals surface area contributed by atoms with Crippen molar-refractivity contribution in [3.8, 4) is 0 Å². The number of hydrogen-bond donors (Lipinski definition) is 3. The van der Waals surface area contributed by atoms with Crippen LogP contribution in [0.2, 0.25) is 0 Å². The highest BCUT2D eigenvalue weighted by Gasteiger charge is 2.35. The Morgan fingerprint density at radius 3 is 2.91 bits per heavy atom. The van der Waals surface area contributed by atoms with Crippen LogP contribution in [0.3, 0.4) is 0 Å². The van der Waals surface area contributed by atoms with Gasteiger partial charge in [-0.3, -0.25) is 4.79 Å². The molecule has 0 spiro atoms. The summed E-state index contributed by atoms with van der Waals surface area (Å²) in [6.07, 6.45) is 4.58. The summed E-state index contributed by atoms with van der Waals surface area (Å²) in [5.74, 6) is 0.924. The van der Waals surface area contributed by atoms with Crippen molar-refractivity contribution in [3.63, 3.8) is 0 Å². The summed E-state index contributed by atoms with van der Waals surface area (Å²) >= 11 is 0. The molecule has 6 heteroatoms. The number of aromatic amines is 1. The van der Waals surface area contributed by atoms with E-state index < -0.39 is 0 Å². The first-order chi connectivity index (χ1) is 10.4. The van der Waals surface area contributed by atoms with Gasteiger partial charge in [-0.25, -0.2) is 9.97 Å². The van der Waals surface area contributed by atoms with Gasteiger partial charge in [-0.15, -0.1) is 0 Å². The Morgan fingerprint density at radius 1 is 1.55 bits per heavy atom. The number of aliphatic hydroxyl groups is 1. The van der Waals surface area contributed by atoms with Crippen LogP contribution in [0.25, 0.3) is 11.2 Å². The van der Waals surface area contributed by atoms with Gasteiger partial charge in [0, 0.05) is 30.7 Å². The Morgan fingerprint density at radius 2 is 2.27 bits per heavy atom. The van der Waals surface area contributed by atoms with E-state index in [9.17, 15) is 9.90 Å². The normalized spacial score (nSPS) is 21.1. The second-order valence-corrected chi connectivity index (χ2v) is 7.02. The summed E-state index contributed by atoms with van der Waals surface area (Å²) in [5, 5.41) is 12.1. The van der Waals surface area contributed by atoms with Crippen LogP contribution >= 0.6 is 0 Å². The minimum atomic E-state index is -0.345. The standard InChI is InChI=1S/C16H22N4O2/c1-9-4-10(9)12-6-18-14-13(20-12)11(5-17-14)15(22)19-7-16(2,3)8-21/h5-6,9-10,21H,4,7-8H2,1-3H3,(H,17,18)(H,19,22)/t9-,10+/m0/s1. The quantitative estimate of drug-likeness (QED) is 0.786. The zero-order chi connectivity index (χ0) is 15.9. The van der Waals surface area contributed by atoms with E-state index in [-0.39, 0.29) is 17.9 Å². The molecule has 2 heterocycles. The molecule has 3 rings (SSSR count). The molecule has 2 aromatic heterocycles. The van der Waals surface area contributed by atoms with Crippen LogP contribution in [0, 0.1) is 11.3 Å². The predicted molar refractivity (Wildman–Crippen MR) is 83.6 cm³/mol. The van der Waals surface area contributed by atoms with Crippen LogP contribution < -0.4 is 5.32 Å². The van der Waals surface area contributed by atoms with Gasteiger partial charge < -0.3 is 15.4 Å². The minimum absolute atomic E-state index is 0.0185. The van der Waals surface area contributed by atoms with E-state index >= 15 is 0 Å². The molecule has 0 saturated heterocycles. The minimum Gasteiger partial charge on any atom is -0.396 e. The van der Waals surface area contributed by atoms with E-state index in [0.29, 0.717) is 35.1 Å². The van der Waals surface area contributed by atoms with Crippen LogP contribution in [0.15, 0.2) is 12.4 Å². The summed E-state index contributed by atoms with van der Waals surface area (Å²) in [7, 11) is 0. The van der Waals surface area contributed by atoms with Crippen molar-refractivity contribution in [1.82, 2.24) is 20.3 Å². The van der Waals surface area contributed by atoms with Crippen molar-refractivity contribution in [2.45, 2.75) is 33.1 Å². The second-order valence-electron chi connectivity index (χ2n) is 7.02. The summed E-state index contributed by atoms with van der Waals surface area (Å²) in [5.41, 5.74) is 2.37. The molecule has 0 aliphatic heterocycles. The number of carbonyl (C=O) groups excluding carboxylic acids is 1. The van der Waals surface area contributed by atoms with Crippen LogP contribution in [0.1, 0.15) is 49.2 Å². The fourth-order valence-corrected chi connectivity index (χ4v) is 2.46. The Bertz CT molecular complexity index is 707. The maximum Gasteiger partial charge on any atom is 0.255 e. The van der Waals surface area contributed by atoms with Gasteiger partial charge in [0.2, 0.25) is 0 Å². The molecule has 2 aromatic rings. The van der Waals surface area contributed by atoms with Crippen LogP contribution in [0.4, 0.5) is 0 Å². The lowest BCUT2D eigenvalue weighted by Gasteiger charge is -2.21. The highest BCUT2D eigenvalue weighted by molar-refractivity contribution is 6.04. The van der Waals surface area contributed by atoms with Gasteiger partial charge in [-0.05, 0) is 12.3 Å². The van der Waals surface area contributed by atoms with Crippen molar-refractivity contribution in [2.75, 3.05) is 13.2 Å². The molecule has 3 N–H and O–H groups in total. The molecule has 0 unspecified atom stereocenters. The molecule has 2 atom stereocenters. The first-order valence-electron chi connectivity index (χ1n) is 7.64. The number of rotatable bonds is 5. The fraction of sp³-hybridized carbons (Fsp3) is 0.562. The number of nitrogens with zero attached hydrogens (tertiary/aromatic N) is 2. The Kier molecular flexibility index (Phi) is 3.64. The molecule has 1 aliphatic rings. The first-order valence-corrected chi connectivity index (χ1v) is 7.64. The van der Waals surface area contributed by atoms with Crippen molar-refractivity contribution in [3.05, 3.63) is 23.7 Å². The lowest BCUT2D eigenvalue weighted by atomic mass is 9.95. The lowest BCUT2D eigenvalue weighted by molar-refractivity contribution is 0.0912. The smallest absolute Gasteiger partial charge is 0.255 e. The van der Waals surface area contributed by atoms with Crippen molar-refractivity contribution in [2.24, 2.45) is 11.3 Å². The molecule has 0 bridgehead atoms. The number of nitrogens with one attached hydrogen (secondary N) is 2. The fourth-order valence-electron chi connectivity index (χ4n) is 2.46. The molecular weight excluding hydrogens is 280 g/mol. The number of fused-ring (bicyclic) bond motifs is 1. The number of carbonyl (C=O) groups is 1. The molecule has 1 saturated carbocycles. The van der Waals surface area contributed by atoms with Gasteiger partial charge in [-0.1, -0.05) is 20.8 Å². The molecule has 22 heavy (non-hydrogen) atoms. The third-order valence-corrected chi connectivity index (χ3v) is 4.29. The van der Waals surface area contributed by atoms with Crippen molar-refractivity contribution in [1.29, 1.82) is 0 Å². The summed E-state index contributed by atoms with van der Waals surface area (Å²) < 4.78 is 0. The Balaban J connectivity index is 1.82. The molecular formula is C16H22N4O2. The highest BCUT2D eigenvalue weighted by Crippen LogP contribution is 2.46. The van der Waals surface area contributed by atoms with E-state index in [2.05, 4.69) is 27.2 Å². The zero-order valence-electron chi connectivity index (χ0n) is 13.2. The van der Waals surface area contributed by atoms with E-state index in [1.54, 1.807) is 12.4 Å². The summed E-state index contributed by atoms with van der Waals surface area (Å²) in [6.45, 7) is 6.41. The highest BCUT2D eigenvalue weighted by atomic mass is 16.3. The first kappa shape index (κ1) is 15.0. The average Bonchev–Trinajstić information content (AvgIpc) is 3.08. The predicted octanol–water partition coefficient (Wildman–Crippen LogP) is 1.83. The third kappa shape index (κ3) is 2.83. The largest absolute Gasteiger partial charge is 0.396 e. The van der Waals surface area contributed by atoms with Gasteiger partial charge in [0.15, 0.2) is 5.65 Å². The van der Waals surface area contributed by atoms with Crippen molar-refractivity contribution < 1.29 is 9.90 Å². The SMILES string of the molecule is C[C@H]1C[C@H]1c1cnc2[nH]cc(C(=O)NCC(C)(C)CO)c2n1. The topological polar surface area (TPSA) is 90.9 Å².